The van der Waals surface area contributed by atoms with Crippen LogP contribution in [0.2, 0.25) is 0 Å². The van der Waals surface area contributed by atoms with Crippen molar-refractivity contribution in [2.75, 3.05) is 0 Å². The van der Waals surface area contributed by atoms with Gasteiger partial charge in [-0.05, 0) is 50.8 Å². The SMILES string of the molecule is CC(C)CCn1c(CCl)nc2cc(CNC(=O)OC(C)(C)C)ccc21.Cl. The number of amides is 1. The third kappa shape index (κ3) is 6.36. The molecule has 2 rings (SSSR count). The molecule has 1 amide bonds. The van der Waals surface area contributed by atoms with Gasteiger partial charge in [-0.15, -0.1) is 24.0 Å². The summed E-state index contributed by atoms with van der Waals surface area (Å²) < 4.78 is 7.44. The van der Waals surface area contributed by atoms with Gasteiger partial charge in [-0.2, -0.15) is 0 Å². The first kappa shape index (κ1) is 22.6. The highest BCUT2D eigenvalue weighted by atomic mass is 35.5. The Balaban J connectivity index is 0.00000338. The van der Waals surface area contributed by atoms with Gasteiger partial charge in [0.05, 0.1) is 16.9 Å². The van der Waals surface area contributed by atoms with Crippen molar-refractivity contribution in [3.05, 3.63) is 29.6 Å². The third-order valence-electron chi connectivity index (χ3n) is 3.78. The summed E-state index contributed by atoms with van der Waals surface area (Å²) in [6, 6.07) is 6.05. The second kappa shape index (κ2) is 9.47. The average molecular weight is 402 g/mol. The smallest absolute Gasteiger partial charge is 0.407 e. The molecule has 0 aliphatic carbocycles. The summed E-state index contributed by atoms with van der Waals surface area (Å²) in [4.78, 5) is 16.4. The monoisotopic (exact) mass is 401 g/mol. The summed E-state index contributed by atoms with van der Waals surface area (Å²) in [6.45, 7) is 11.3. The molecule has 1 N–H and O–H groups in total. The number of aromatic nitrogens is 2. The second-order valence-corrected chi connectivity index (χ2v) is 7.94. The number of carbonyl (C=O) groups excluding carboxylic acids is 1. The maximum atomic E-state index is 11.8. The maximum Gasteiger partial charge on any atom is 0.407 e. The lowest BCUT2D eigenvalue weighted by Gasteiger charge is -2.19. The Morgan fingerprint density at radius 2 is 2.04 bits per heavy atom. The Labute approximate surface area is 166 Å². The molecule has 0 saturated carbocycles. The first-order valence-corrected chi connectivity index (χ1v) is 9.24. The fourth-order valence-corrected chi connectivity index (χ4v) is 2.77. The standard InChI is InChI=1S/C19H28ClN3O2.ClH/c1-13(2)8-9-23-16-7-6-14(10-15(16)22-17(23)11-20)12-21-18(24)25-19(3,4)5;/h6-7,10,13H,8-9,11-12H2,1-5H3,(H,21,24);1H. The largest absolute Gasteiger partial charge is 0.444 e. The molecule has 0 aliphatic heterocycles. The normalized spacial score (nSPS) is 11.5. The molecular weight excluding hydrogens is 373 g/mol. The molecule has 1 aromatic heterocycles. The molecule has 0 bridgehead atoms. The molecule has 0 unspecified atom stereocenters. The van der Waals surface area contributed by atoms with Crippen LogP contribution in [0, 0.1) is 5.92 Å². The van der Waals surface area contributed by atoms with E-state index in [-0.39, 0.29) is 12.4 Å². The summed E-state index contributed by atoms with van der Waals surface area (Å²) in [6.07, 6.45) is 0.661. The van der Waals surface area contributed by atoms with E-state index in [0.717, 1.165) is 35.4 Å². The number of benzene rings is 1. The predicted octanol–water partition coefficient (Wildman–Crippen LogP) is 5.27. The van der Waals surface area contributed by atoms with Crippen LogP contribution >= 0.6 is 24.0 Å². The highest BCUT2D eigenvalue weighted by molar-refractivity contribution is 6.16. The second-order valence-electron chi connectivity index (χ2n) is 7.67. The van der Waals surface area contributed by atoms with Gasteiger partial charge in [0.2, 0.25) is 0 Å². The minimum atomic E-state index is -0.502. The van der Waals surface area contributed by atoms with Crippen molar-refractivity contribution in [3.63, 3.8) is 0 Å². The molecule has 146 valence electrons. The van der Waals surface area contributed by atoms with Gasteiger partial charge < -0.3 is 14.6 Å². The van der Waals surface area contributed by atoms with Gasteiger partial charge in [0.1, 0.15) is 11.4 Å². The number of imidazole rings is 1. The number of halogens is 2. The quantitative estimate of drug-likeness (QED) is 0.670. The summed E-state index contributed by atoms with van der Waals surface area (Å²) >= 11 is 6.07. The van der Waals surface area contributed by atoms with E-state index in [1.54, 1.807) is 0 Å². The summed E-state index contributed by atoms with van der Waals surface area (Å²) in [5.74, 6) is 1.89. The molecule has 0 atom stereocenters. The number of hydrogen-bond acceptors (Lipinski definition) is 3. The first-order valence-electron chi connectivity index (χ1n) is 8.70. The summed E-state index contributed by atoms with van der Waals surface area (Å²) in [5, 5.41) is 2.77. The molecule has 0 radical (unpaired) electrons. The number of nitrogens with one attached hydrogen (secondary N) is 1. The van der Waals surface area contributed by atoms with E-state index in [1.165, 1.54) is 0 Å². The van der Waals surface area contributed by atoms with Crippen LogP contribution in [0.4, 0.5) is 4.79 Å². The summed E-state index contributed by atoms with van der Waals surface area (Å²) in [7, 11) is 0. The lowest BCUT2D eigenvalue weighted by molar-refractivity contribution is 0.0523. The van der Waals surface area contributed by atoms with E-state index in [0.29, 0.717) is 18.3 Å². The number of rotatable bonds is 6. The first-order chi connectivity index (χ1) is 11.7. The number of carbonyl (C=O) groups is 1. The molecule has 1 heterocycles. The van der Waals surface area contributed by atoms with E-state index >= 15 is 0 Å². The number of aryl methyl sites for hydroxylation is 1. The topological polar surface area (TPSA) is 56.2 Å². The van der Waals surface area contributed by atoms with Crippen LogP contribution < -0.4 is 5.32 Å². The van der Waals surface area contributed by atoms with Gasteiger partial charge in [0.25, 0.3) is 0 Å². The zero-order chi connectivity index (χ0) is 18.6. The van der Waals surface area contributed by atoms with E-state index in [9.17, 15) is 4.79 Å². The number of nitrogens with zero attached hydrogens (tertiary/aromatic N) is 2. The number of ether oxygens (including phenoxy) is 1. The predicted molar refractivity (Wildman–Crippen MR) is 109 cm³/mol. The Morgan fingerprint density at radius 1 is 1.35 bits per heavy atom. The van der Waals surface area contributed by atoms with Crippen molar-refractivity contribution in [1.29, 1.82) is 0 Å². The van der Waals surface area contributed by atoms with Crippen molar-refractivity contribution in [2.45, 2.75) is 65.6 Å². The Bertz CT molecular complexity index is 736. The van der Waals surface area contributed by atoms with Gasteiger partial charge in [-0.1, -0.05) is 19.9 Å². The van der Waals surface area contributed by atoms with Gasteiger partial charge >= 0.3 is 6.09 Å². The molecular formula is C19H29Cl2N3O2. The van der Waals surface area contributed by atoms with Crippen LogP contribution in [0.1, 0.15) is 52.4 Å². The Morgan fingerprint density at radius 3 is 2.62 bits per heavy atom. The zero-order valence-electron chi connectivity index (χ0n) is 16.1. The van der Waals surface area contributed by atoms with Gasteiger partial charge in [-0.25, -0.2) is 9.78 Å². The fraction of sp³-hybridized carbons (Fsp3) is 0.579. The Hall–Kier alpha value is -1.46. The highest BCUT2D eigenvalue weighted by Gasteiger charge is 2.16. The molecule has 0 spiro atoms. The van der Waals surface area contributed by atoms with Crippen LogP contribution in [-0.4, -0.2) is 21.2 Å². The van der Waals surface area contributed by atoms with E-state index in [1.807, 2.05) is 39.0 Å². The molecule has 0 saturated heterocycles. The molecule has 5 nitrogen and oxygen atoms in total. The lowest BCUT2D eigenvalue weighted by atomic mass is 10.1. The van der Waals surface area contributed by atoms with Crippen LogP contribution in [0.3, 0.4) is 0 Å². The van der Waals surface area contributed by atoms with E-state index in [2.05, 4.69) is 28.7 Å². The van der Waals surface area contributed by atoms with E-state index < -0.39 is 11.7 Å². The van der Waals surface area contributed by atoms with Crippen LogP contribution in [0.5, 0.6) is 0 Å². The number of alkyl carbamates (subject to hydrolysis) is 1. The summed E-state index contributed by atoms with van der Waals surface area (Å²) in [5.41, 5.74) is 2.46. The minimum Gasteiger partial charge on any atom is -0.444 e. The molecule has 7 heteroatoms. The van der Waals surface area contributed by atoms with Crippen molar-refractivity contribution in [1.82, 2.24) is 14.9 Å². The number of fused-ring (bicyclic) bond motifs is 1. The fourth-order valence-electron chi connectivity index (χ4n) is 2.56. The van der Waals surface area contributed by atoms with Gasteiger partial charge in [0.15, 0.2) is 0 Å². The molecule has 0 aliphatic rings. The third-order valence-corrected chi connectivity index (χ3v) is 4.02. The van der Waals surface area contributed by atoms with Gasteiger partial charge in [-0.3, -0.25) is 0 Å². The number of alkyl halides is 1. The van der Waals surface area contributed by atoms with Gasteiger partial charge in [0, 0.05) is 13.1 Å². The van der Waals surface area contributed by atoms with Crippen molar-refractivity contribution < 1.29 is 9.53 Å². The Kier molecular flexibility index (Phi) is 8.22. The zero-order valence-corrected chi connectivity index (χ0v) is 17.7. The average Bonchev–Trinajstić information content (AvgIpc) is 2.86. The number of hydrogen-bond donors (Lipinski definition) is 1. The molecule has 2 aromatic rings. The molecule has 1 aromatic carbocycles. The van der Waals surface area contributed by atoms with Crippen LogP contribution in [-0.2, 0) is 23.7 Å². The van der Waals surface area contributed by atoms with Crippen molar-refractivity contribution in [2.24, 2.45) is 5.92 Å². The van der Waals surface area contributed by atoms with Crippen LogP contribution in [0.15, 0.2) is 18.2 Å². The lowest BCUT2D eigenvalue weighted by Crippen LogP contribution is -2.32. The molecule has 26 heavy (non-hydrogen) atoms. The molecule has 0 fully saturated rings. The van der Waals surface area contributed by atoms with E-state index in [4.69, 9.17) is 16.3 Å². The highest BCUT2D eigenvalue weighted by Crippen LogP contribution is 2.21. The minimum absolute atomic E-state index is 0. The maximum absolute atomic E-state index is 11.8. The van der Waals surface area contributed by atoms with Crippen LogP contribution in [0.25, 0.3) is 11.0 Å². The van der Waals surface area contributed by atoms with Crippen molar-refractivity contribution in [3.8, 4) is 0 Å². The van der Waals surface area contributed by atoms with Crippen molar-refractivity contribution >= 4 is 41.1 Å².